The maximum absolute atomic E-state index is 2.61. The van der Waals surface area contributed by atoms with Crippen molar-refractivity contribution in [1.29, 1.82) is 0 Å². The van der Waals surface area contributed by atoms with Crippen LogP contribution in [0.2, 0.25) is 0 Å². The van der Waals surface area contributed by atoms with Gasteiger partial charge >= 0.3 is 186 Å². The molecule has 6 aromatic rings. The third-order valence-corrected chi connectivity index (χ3v) is 17.6. The molecule has 0 atom stereocenters. The van der Waals surface area contributed by atoms with Gasteiger partial charge in [0.15, 0.2) is 0 Å². The summed E-state index contributed by atoms with van der Waals surface area (Å²) in [4.78, 5) is 0. The Morgan fingerprint density at radius 2 is 0.836 bits per heavy atom. The van der Waals surface area contributed by atoms with E-state index in [0.29, 0.717) is 3.63 Å². The van der Waals surface area contributed by atoms with Gasteiger partial charge in [-0.2, -0.15) is 0 Å². The maximum atomic E-state index is 2.61. The second-order valence-corrected chi connectivity index (χ2v) is 22.7. The van der Waals surface area contributed by atoms with Crippen LogP contribution in [-0.2, 0) is 32.1 Å². The number of halogens is 2. The first-order chi connectivity index (χ1) is 25.5. The summed E-state index contributed by atoms with van der Waals surface area (Å²) in [7, 11) is 0. The van der Waals surface area contributed by atoms with Crippen LogP contribution in [0.15, 0.2) is 179 Å². The smallest absolute Gasteiger partial charge is 0.0184 e. The average molecular weight is 843 g/mol. The Hall–Kier alpha value is -3.87. The third-order valence-electron chi connectivity index (χ3n) is 10.3. The molecule has 0 saturated carbocycles. The van der Waals surface area contributed by atoms with Crippen LogP contribution in [0.25, 0.3) is 33.4 Å². The number of fused-ring (bicyclic) bond motifs is 3. The fraction of sp³-hybridized carbons (Fsp3) is 0.212. The molecule has 0 amide bonds. The van der Waals surface area contributed by atoms with Crippen molar-refractivity contribution in [2.75, 3.05) is 0 Å². The molecular weight excluding hydrogens is 787 g/mol. The van der Waals surface area contributed by atoms with Crippen molar-refractivity contribution >= 4 is 28.5 Å². The van der Waals surface area contributed by atoms with E-state index in [-0.39, 0.29) is 35.6 Å². The minimum absolute atomic E-state index is 0. The van der Waals surface area contributed by atoms with E-state index in [9.17, 15) is 0 Å². The molecule has 0 radical (unpaired) electrons. The molecule has 8 rings (SSSR count). The number of rotatable bonds is 4. The summed E-state index contributed by atoms with van der Waals surface area (Å²) < 4.78 is 4.96. The van der Waals surface area contributed by atoms with Gasteiger partial charge in [-0.05, 0) is 22.3 Å². The Bertz CT molecular complexity index is 1990. The summed E-state index contributed by atoms with van der Waals surface area (Å²) in [6, 6.07) is 56.3. The topological polar surface area (TPSA) is 0 Å². The fourth-order valence-electron chi connectivity index (χ4n) is 7.24. The first kappa shape index (κ1) is 43.9. The normalized spacial score (nSPS) is 13.1. The molecule has 6 aromatic carbocycles. The zero-order valence-electron chi connectivity index (χ0n) is 33.4. The molecule has 0 bridgehead atoms. The number of benzene rings is 6. The van der Waals surface area contributed by atoms with Gasteiger partial charge in [-0.25, -0.2) is 0 Å². The van der Waals surface area contributed by atoms with Crippen molar-refractivity contribution in [3.8, 4) is 33.4 Å². The van der Waals surface area contributed by atoms with Crippen molar-refractivity contribution < 1.29 is 21.3 Å². The van der Waals surface area contributed by atoms with Crippen molar-refractivity contribution in [3.63, 3.8) is 0 Å². The van der Waals surface area contributed by atoms with Crippen LogP contribution in [0, 0.1) is 0 Å². The predicted octanol–water partition coefficient (Wildman–Crippen LogP) is 15.2. The molecule has 0 heterocycles. The molecular formula is C52H56Cl2Zr. The Balaban J connectivity index is 0.000000213. The zero-order chi connectivity index (χ0) is 37.4. The summed E-state index contributed by atoms with van der Waals surface area (Å²) in [5.74, 6) is 0. The number of allylic oxidation sites excluding steroid dienone is 4. The molecule has 2 aliphatic rings. The van der Waals surface area contributed by atoms with E-state index in [0.717, 1.165) is 0 Å². The first-order valence-corrected chi connectivity index (χ1v) is 23.1. The van der Waals surface area contributed by atoms with Gasteiger partial charge in [0.05, 0.1) is 0 Å². The van der Waals surface area contributed by atoms with E-state index in [4.69, 9.17) is 0 Å². The van der Waals surface area contributed by atoms with E-state index in [1.165, 1.54) is 50.9 Å². The second-order valence-electron chi connectivity index (χ2n) is 16.1. The van der Waals surface area contributed by atoms with Crippen molar-refractivity contribution in [2.45, 2.75) is 69.3 Å². The zero-order valence-corrected chi connectivity index (χ0v) is 37.5. The summed E-state index contributed by atoms with van der Waals surface area (Å²) >= 11 is -1.93. The molecule has 55 heavy (non-hydrogen) atoms. The van der Waals surface area contributed by atoms with Gasteiger partial charge < -0.3 is 0 Å². The Kier molecular flexibility index (Phi) is 15.8. The van der Waals surface area contributed by atoms with Crippen molar-refractivity contribution in [3.05, 3.63) is 201 Å². The molecule has 0 spiro atoms. The van der Waals surface area contributed by atoms with Gasteiger partial charge in [0.2, 0.25) is 0 Å². The van der Waals surface area contributed by atoms with E-state index >= 15 is 0 Å². The van der Waals surface area contributed by atoms with Crippen LogP contribution < -0.4 is 0 Å². The predicted molar refractivity (Wildman–Crippen MR) is 243 cm³/mol. The van der Waals surface area contributed by atoms with Crippen molar-refractivity contribution in [2.24, 2.45) is 0 Å². The van der Waals surface area contributed by atoms with Crippen LogP contribution in [0.3, 0.4) is 0 Å². The second kappa shape index (κ2) is 19.8. The molecule has 282 valence electrons. The molecule has 0 saturated heterocycles. The van der Waals surface area contributed by atoms with Crippen LogP contribution in [0.4, 0.5) is 0 Å². The molecule has 0 fully saturated rings. The largest absolute Gasteiger partial charge is 0.147 e. The molecule has 0 nitrogen and oxygen atoms in total. The molecule has 0 unspecified atom stereocenters. The average Bonchev–Trinajstić information content (AvgIpc) is 3.83. The summed E-state index contributed by atoms with van der Waals surface area (Å²) in [5, 5.41) is 0. The molecule has 0 N–H and O–H groups in total. The molecule has 0 aromatic heterocycles. The SMILES string of the molecule is C/[CH]=[Zr](\[C]1=CC=CC1)[CH]1c2ccc(C(C)(C)C)cc2-c2cc(C(C)(C)C)ccc21.Cl.Cl.c1ccc(-c2ccccc2)cc1.c1ccc(-c2ccccc2)cc1. The summed E-state index contributed by atoms with van der Waals surface area (Å²) in [6.45, 7) is 16.3. The minimum Gasteiger partial charge on any atom is -0.147 e. The van der Waals surface area contributed by atoms with Gasteiger partial charge in [0.1, 0.15) is 0 Å². The van der Waals surface area contributed by atoms with Crippen LogP contribution in [0.1, 0.15) is 80.8 Å². The minimum atomic E-state index is -1.93. The standard InChI is InChI=1S/C21H25.2C12H10.C5H5.C2H4.2ClH.Zr/c1-20(2,3)16-9-7-14-11-15-8-10-17(21(4,5)6)13-19(15)18(14)12-16;2*1-3-7-11(8-4-1)12-9-5-2-6-10-12;1-2-4-5-3-1;1-2;;;/h7-13H,1-6H3;2*1-10H;1-3H,4H2;1H,2H3;2*1H;. The molecule has 0 aliphatic heterocycles. The van der Waals surface area contributed by atoms with Gasteiger partial charge in [-0.3, -0.25) is 0 Å². The molecule has 2 aliphatic carbocycles. The number of hydrogen-bond acceptors (Lipinski definition) is 0. The van der Waals surface area contributed by atoms with Crippen LogP contribution in [-0.4, -0.2) is 3.71 Å². The van der Waals surface area contributed by atoms with E-state index in [2.05, 4.69) is 204 Å². The first-order valence-electron chi connectivity index (χ1n) is 19.1. The Labute approximate surface area is 351 Å². The van der Waals surface area contributed by atoms with E-state index in [1.807, 2.05) is 24.3 Å². The summed E-state index contributed by atoms with van der Waals surface area (Å²) in [6.07, 6.45) is 8.18. The van der Waals surface area contributed by atoms with E-state index in [1.54, 1.807) is 14.4 Å². The van der Waals surface area contributed by atoms with Gasteiger partial charge in [0.25, 0.3) is 0 Å². The third kappa shape index (κ3) is 10.9. The van der Waals surface area contributed by atoms with Crippen LogP contribution in [0.5, 0.6) is 0 Å². The quantitative estimate of drug-likeness (QED) is 0.166. The molecule has 3 heteroatoms. The van der Waals surface area contributed by atoms with Gasteiger partial charge in [0, 0.05) is 0 Å². The Morgan fingerprint density at radius 1 is 0.491 bits per heavy atom. The monoisotopic (exact) mass is 840 g/mol. The Morgan fingerprint density at radius 3 is 1.11 bits per heavy atom. The maximum Gasteiger partial charge on any atom is -0.0184 e. The fourth-order valence-corrected chi connectivity index (χ4v) is 14.3. The van der Waals surface area contributed by atoms with Crippen molar-refractivity contribution in [1.82, 2.24) is 0 Å². The van der Waals surface area contributed by atoms with Crippen LogP contribution >= 0.6 is 24.8 Å². The van der Waals surface area contributed by atoms with Gasteiger partial charge in [-0.15, -0.1) is 24.8 Å². The number of hydrogen-bond donors (Lipinski definition) is 0. The van der Waals surface area contributed by atoms with Gasteiger partial charge in [-0.1, -0.05) is 121 Å². The van der Waals surface area contributed by atoms with E-state index < -0.39 is 21.3 Å². The summed E-state index contributed by atoms with van der Waals surface area (Å²) in [5.41, 5.74) is 14.5.